The molecule has 2 heterocycles. The Bertz CT molecular complexity index is 1210. The normalized spacial score (nSPS) is 11.0. The van der Waals surface area contributed by atoms with Gasteiger partial charge in [-0.15, -0.1) is 0 Å². The average Bonchev–Trinajstić information content (AvgIpc) is 3.15. The summed E-state index contributed by atoms with van der Waals surface area (Å²) in [5.41, 5.74) is 4.08. The standard InChI is InChI=1S/C25H17NO/c1-3-10-18(11-4-1)23-22(16-9-17-26-23)25-21-15-8-7-14-20(21)24(27-25)19-12-5-2-6-13-19/h1-17H. The molecule has 0 aliphatic rings. The Kier molecular flexibility index (Phi) is 3.80. The zero-order valence-corrected chi connectivity index (χ0v) is 14.7. The second kappa shape index (κ2) is 6.58. The third kappa shape index (κ3) is 2.72. The van der Waals surface area contributed by atoms with Gasteiger partial charge < -0.3 is 4.42 Å². The lowest BCUT2D eigenvalue weighted by molar-refractivity contribution is 0.602. The lowest BCUT2D eigenvalue weighted by Crippen LogP contribution is -1.87. The molecule has 2 nitrogen and oxygen atoms in total. The quantitative estimate of drug-likeness (QED) is 0.357. The van der Waals surface area contributed by atoms with Gasteiger partial charge in [0, 0.05) is 33.7 Å². The van der Waals surface area contributed by atoms with E-state index in [-0.39, 0.29) is 0 Å². The van der Waals surface area contributed by atoms with E-state index in [1.807, 2.05) is 48.7 Å². The fourth-order valence-corrected chi connectivity index (χ4v) is 3.51. The van der Waals surface area contributed by atoms with Crippen molar-refractivity contribution in [1.82, 2.24) is 4.98 Å². The van der Waals surface area contributed by atoms with Gasteiger partial charge in [-0.1, -0.05) is 84.9 Å². The maximum atomic E-state index is 6.46. The lowest BCUT2D eigenvalue weighted by Gasteiger charge is -2.07. The van der Waals surface area contributed by atoms with Crippen molar-refractivity contribution in [2.45, 2.75) is 0 Å². The summed E-state index contributed by atoms with van der Waals surface area (Å²) in [5, 5.41) is 2.21. The van der Waals surface area contributed by atoms with E-state index in [9.17, 15) is 0 Å². The van der Waals surface area contributed by atoms with Gasteiger partial charge in [0.05, 0.1) is 5.69 Å². The summed E-state index contributed by atoms with van der Waals surface area (Å²) >= 11 is 0. The fraction of sp³-hybridized carbons (Fsp3) is 0. The van der Waals surface area contributed by atoms with E-state index >= 15 is 0 Å². The zero-order valence-electron chi connectivity index (χ0n) is 14.7. The Balaban J connectivity index is 1.79. The van der Waals surface area contributed by atoms with Crippen LogP contribution in [0.5, 0.6) is 0 Å². The van der Waals surface area contributed by atoms with Crippen molar-refractivity contribution in [3.8, 4) is 33.9 Å². The van der Waals surface area contributed by atoms with Crippen molar-refractivity contribution in [2.24, 2.45) is 0 Å². The van der Waals surface area contributed by atoms with Crippen molar-refractivity contribution >= 4 is 10.8 Å². The minimum Gasteiger partial charge on any atom is -0.455 e. The summed E-state index contributed by atoms with van der Waals surface area (Å²) < 4.78 is 6.46. The van der Waals surface area contributed by atoms with Gasteiger partial charge >= 0.3 is 0 Å². The van der Waals surface area contributed by atoms with E-state index in [2.05, 4.69) is 59.6 Å². The van der Waals surface area contributed by atoms with Gasteiger partial charge in [-0.2, -0.15) is 0 Å². The van der Waals surface area contributed by atoms with Crippen molar-refractivity contribution in [1.29, 1.82) is 0 Å². The van der Waals surface area contributed by atoms with E-state index in [1.54, 1.807) is 0 Å². The molecular formula is C25H17NO. The molecule has 0 unspecified atom stereocenters. The minimum atomic E-state index is 0.858. The second-order valence-electron chi connectivity index (χ2n) is 6.44. The molecule has 27 heavy (non-hydrogen) atoms. The summed E-state index contributed by atoms with van der Waals surface area (Å²) in [5.74, 6) is 1.75. The van der Waals surface area contributed by atoms with Crippen LogP contribution in [0.2, 0.25) is 0 Å². The van der Waals surface area contributed by atoms with Crippen LogP contribution in [-0.4, -0.2) is 4.98 Å². The Morgan fingerprint density at radius 1 is 0.519 bits per heavy atom. The maximum Gasteiger partial charge on any atom is 0.144 e. The first-order chi connectivity index (χ1) is 13.4. The van der Waals surface area contributed by atoms with E-state index < -0.39 is 0 Å². The molecule has 128 valence electrons. The minimum absolute atomic E-state index is 0.858. The van der Waals surface area contributed by atoms with Gasteiger partial charge in [-0.3, -0.25) is 4.98 Å². The number of benzene rings is 3. The van der Waals surface area contributed by atoms with Crippen LogP contribution in [0.15, 0.2) is 108 Å². The predicted octanol–water partition coefficient (Wildman–Crippen LogP) is 6.83. The predicted molar refractivity (Wildman–Crippen MR) is 110 cm³/mol. The first-order valence-electron chi connectivity index (χ1n) is 8.99. The largest absolute Gasteiger partial charge is 0.455 e. The van der Waals surface area contributed by atoms with Crippen LogP contribution in [0, 0.1) is 0 Å². The molecular weight excluding hydrogens is 330 g/mol. The van der Waals surface area contributed by atoms with Crippen LogP contribution in [0.4, 0.5) is 0 Å². The summed E-state index contributed by atoms with van der Waals surface area (Å²) in [4.78, 5) is 4.65. The fourth-order valence-electron chi connectivity index (χ4n) is 3.51. The number of furan rings is 1. The number of pyridine rings is 1. The molecule has 0 atom stereocenters. The monoisotopic (exact) mass is 347 g/mol. The molecule has 0 aliphatic carbocycles. The first-order valence-corrected chi connectivity index (χ1v) is 8.99. The molecule has 5 aromatic rings. The van der Waals surface area contributed by atoms with Gasteiger partial charge in [0.1, 0.15) is 11.5 Å². The van der Waals surface area contributed by atoms with Crippen LogP contribution in [-0.2, 0) is 0 Å². The van der Waals surface area contributed by atoms with Gasteiger partial charge in [0.25, 0.3) is 0 Å². The molecule has 0 saturated carbocycles. The number of hydrogen-bond acceptors (Lipinski definition) is 2. The van der Waals surface area contributed by atoms with Crippen molar-refractivity contribution < 1.29 is 4.42 Å². The highest BCUT2D eigenvalue weighted by Gasteiger charge is 2.19. The summed E-state index contributed by atoms with van der Waals surface area (Å²) in [7, 11) is 0. The topological polar surface area (TPSA) is 26.0 Å². The molecule has 0 N–H and O–H groups in total. The summed E-state index contributed by atoms with van der Waals surface area (Å²) in [6.45, 7) is 0. The van der Waals surface area contributed by atoms with Crippen molar-refractivity contribution in [3.05, 3.63) is 103 Å². The molecule has 0 spiro atoms. The van der Waals surface area contributed by atoms with Crippen LogP contribution < -0.4 is 0 Å². The Hall–Kier alpha value is -3.65. The smallest absolute Gasteiger partial charge is 0.144 e. The molecule has 3 aromatic carbocycles. The number of aromatic nitrogens is 1. The van der Waals surface area contributed by atoms with E-state index in [0.29, 0.717) is 0 Å². The molecule has 2 aromatic heterocycles. The molecule has 0 amide bonds. The SMILES string of the molecule is c1ccc(-c2ncccc2-c2oc(-c3ccccc3)c3ccccc23)cc1. The van der Waals surface area contributed by atoms with Gasteiger partial charge in [0.2, 0.25) is 0 Å². The average molecular weight is 347 g/mol. The third-order valence-corrected chi connectivity index (χ3v) is 4.76. The van der Waals surface area contributed by atoms with Gasteiger partial charge in [-0.25, -0.2) is 0 Å². The maximum absolute atomic E-state index is 6.46. The third-order valence-electron chi connectivity index (χ3n) is 4.76. The van der Waals surface area contributed by atoms with Crippen LogP contribution in [0.3, 0.4) is 0 Å². The number of fused-ring (bicyclic) bond motifs is 1. The zero-order chi connectivity index (χ0) is 18.1. The Labute approximate surface area is 157 Å². The number of nitrogens with zero attached hydrogens (tertiary/aromatic N) is 1. The van der Waals surface area contributed by atoms with E-state index in [1.165, 1.54) is 0 Å². The molecule has 2 heteroatoms. The molecule has 0 bridgehead atoms. The number of hydrogen-bond donors (Lipinski definition) is 0. The van der Waals surface area contributed by atoms with Crippen LogP contribution in [0.25, 0.3) is 44.7 Å². The lowest BCUT2D eigenvalue weighted by atomic mass is 10.0. The number of rotatable bonds is 3. The molecule has 5 rings (SSSR count). The van der Waals surface area contributed by atoms with E-state index in [0.717, 1.165) is 44.7 Å². The first kappa shape index (κ1) is 15.6. The molecule has 0 saturated heterocycles. The highest BCUT2D eigenvalue weighted by Crippen LogP contribution is 2.41. The van der Waals surface area contributed by atoms with Crippen molar-refractivity contribution in [2.75, 3.05) is 0 Å². The molecule has 0 fully saturated rings. The van der Waals surface area contributed by atoms with Gasteiger partial charge in [0.15, 0.2) is 0 Å². The highest BCUT2D eigenvalue weighted by molar-refractivity contribution is 6.04. The summed E-state index contributed by atoms with van der Waals surface area (Å²) in [6, 6.07) is 32.8. The molecule has 0 aliphatic heterocycles. The Morgan fingerprint density at radius 2 is 1.11 bits per heavy atom. The summed E-state index contributed by atoms with van der Waals surface area (Å²) in [6.07, 6.45) is 1.83. The van der Waals surface area contributed by atoms with Crippen LogP contribution in [0.1, 0.15) is 0 Å². The highest BCUT2D eigenvalue weighted by atomic mass is 16.3. The Morgan fingerprint density at radius 3 is 1.81 bits per heavy atom. The van der Waals surface area contributed by atoms with Crippen LogP contribution >= 0.6 is 0 Å². The van der Waals surface area contributed by atoms with Crippen molar-refractivity contribution in [3.63, 3.8) is 0 Å². The van der Waals surface area contributed by atoms with Gasteiger partial charge in [-0.05, 0) is 12.1 Å². The van der Waals surface area contributed by atoms with E-state index in [4.69, 9.17) is 4.42 Å². The second-order valence-corrected chi connectivity index (χ2v) is 6.44. The molecule has 0 radical (unpaired) electrons.